The van der Waals surface area contributed by atoms with Crippen LogP contribution in [0.4, 0.5) is 0 Å². The smallest absolute Gasteiger partial charge is 0.377 e. The summed E-state index contributed by atoms with van der Waals surface area (Å²) in [6.45, 7) is 0.276. The highest BCUT2D eigenvalue weighted by atomic mass is 79.9. The normalized spacial score (nSPS) is 13.8. The van der Waals surface area contributed by atoms with E-state index >= 15 is 0 Å². The van der Waals surface area contributed by atoms with E-state index in [0.29, 0.717) is 15.8 Å². The largest absolute Gasteiger partial charge is 0.475 e. The predicted octanol–water partition coefficient (Wildman–Crippen LogP) is 1.58. The van der Waals surface area contributed by atoms with Crippen molar-refractivity contribution in [3.8, 4) is 5.75 Å². The molecule has 0 amide bonds. The summed E-state index contributed by atoms with van der Waals surface area (Å²) in [4.78, 5) is 22.2. The number of fused-ring (bicyclic) bond motifs is 1. The highest BCUT2D eigenvalue weighted by molar-refractivity contribution is 9.10. The van der Waals surface area contributed by atoms with E-state index in [0.717, 1.165) is 0 Å². The van der Waals surface area contributed by atoms with E-state index in [2.05, 4.69) is 15.9 Å². The van der Waals surface area contributed by atoms with E-state index in [4.69, 9.17) is 14.6 Å². The predicted molar refractivity (Wildman–Crippen MR) is 56.4 cm³/mol. The van der Waals surface area contributed by atoms with E-state index < -0.39 is 11.8 Å². The summed E-state index contributed by atoms with van der Waals surface area (Å²) in [6, 6.07) is 3.25. The van der Waals surface area contributed by atoms with Gasteiger partial charge in [-0.2, -0.15) is 0 Å². The van der Waals surface area contributed by atoms with Crippen LogP contribution in [-0.2, 0) is 16.1 Å². The Morgan fingerprint density at radius 3 is 2.81 bits per heavy atom. The number of hydrogen-bond acceptors (Lipinski definition) is 4. The Morgan fingerprint density at radius 2 is 2.12 bits per heavy atom. The molecule has 1 N–H and O–H groups in total. The van der Waals surface area contributed by atoms with Crippen LogP contribution in [0.5, 0.6) is 5.75 Å². The highest BCUT2D eigenvalue weighted by Crippen LogP contribution is 2.32. The summed E-state index contributed by atoms with van der Waals surface area (Å²) in [7, 11) is 0. The molecule has 0 saturated heterocycles. The number of ketones is 1. The van der Waals surface area contributed by atoms with Gasteiger partial charge in [-0.25, -0.2) is 4.79 Å². The second-order valence-electron chi connectivity index (χ2n) is 3.14. The van der Waals surface area contributed by atoms with Gasteiger partial charge in [0.15, 0.2) is 6.79 Å². The second kappa shape index (κ2) is 4.23. The number of aliphatic carboxylic acids is 1. The van der Waals surface area contributed by atoms with Gasteiger partial charge in [-0.05, 0) is 12.1 Å². The van der Waals surface area contributed by atoms with Gasteiger partial charge in [0.1, 0.15) is 5.75 Å². The first kappa shape index (κ1) is 11.1. The molecule has 1 aromatic rings. The van der Waals surface area contributed by atoms with E-state index in [1.165, 1.54) is 0 Å². The van der Waals surface area contributed by atoms with Crippen molar-refractivity contribution in [1.29, 1.82) is 0 Å². The van der Waals surface area contributed by atoms with Crippen LogP contribution in [0.25, 0.3) is 0 Å². The molecule has 84 valence electrons. The summed E-state index contributed by atoms with van der Waals surface area (Å²) in [5.74, 6) is -1.99. The average molecular weight is 287 g/mol. The Morgan fingerprint density at radius 1 is 1.38 bits per heavy atom. The molecule has 0 unspecified atom stereocenters. The van der Waals surface area contributed by atoms with Crippen molar-refractivity contribution in [3.63, 3.8) is 0 Å². The Hall–Kier alpha value is -1.40. The number of carboxylic acids is 1. The molecular formula is C10H7BrO5. The molecule has 0 spiro atoms. The minimum Gasteiger partial charge on any atom is -0.475 e. The first-order valence-electron chi connectivity index (χ1n) is 4.41. The quantitative estimate of drug-likeness (QED) is 0.660. The fraction of sp³-hybridized carbons (Fsp3) is 0.200. The van der Waals surface area contributed by atoms with Crippen molar-refractivity contribution < 1.29 is 24.2 Å². The molecular weight excluding hydrogens is 280 g/mol. The fourth-order valence-corrected chi connectivity index (χ4v) is 2.03. The van der Waals surface area contributed by atoms with Crippen LogP contribution in [0.2, 0.25) is 0 Å². The molecule has 2 rings (SSSR count). The molecule has 1 aliphatic rings. The molecule has 0 atom stereocenters. The van der Waals surface area contributed by atoms with Gasteiger partial charge in [0.25, 0.3) is 5.78 Å². The van der Waals surface area contributed by atoms with Crippen LogP contribution in [0.15, 0.2) is 16.6 Å². The molecule has 1 heterocycles. The van der Waals surface area contributed by atoms with Crippen molar-refractivity contribution in [3.05, 3.63) is 27.7 Å². The van der Waals surface area contributed by atoms with E-state index in [9.17, 15) is 9.59 Å². The van der Waals surface area contributed by atoms with Crippen LogP contribution in [0.3, 0.4) is 0 Å². The fourth-order valence-electron chi connectivity index (χ4n) is 1.48. The lowest BCUT2D eigenvalue weighted by Gasteiger charge is -2.20. The lowest BCUT2D eigenvalue weighted by atomic mass is 10.0. The first-order chi connectivity index (χ1) is 7.61. The van der Waals surface area contributed by atoms with Crippen molar-refractivity contribution in [2.45, 2.75) is 6.61 Å². The number of carbonyl (C=O) groups excluding carboxylic acids is 1. The van der Waals surface area contributed by atoms with Gasteiger partial charge >= 0.3 is 5.97 Å². The molecule has 16 heavy (non-hydrogen) atoms. The lowest BCUT2D eigenvalue weighted by Crippen LogP contribution is -2.20. The maximum absolute atomic E-state index is 11.5. The monoisotopic (exact) mass is 286 g/mol. The number of carbonyl (C=O) groups is 2. The van der Waals surface area contributed by atoms with Gasteiger partial charge in [0, 0.05) is 10.0 Å². The lowest BCUT2D eigenvalue weighted by molar-refractivity contribution is -0.131. The summed E-state index contributed by atoms with van der Waals surface area (Å²) in [6.07, 6.45) is 0. The number of benzene rings is 1. The standard InChI is InChI=1S/C10H7BrO5/c11-6-1-2-7-5(3-15-4-16-7)8(6)9(12)10(13)14/h1-2H,3-4H2,(H,13,14). The summed E-state index contributed by atoms with van der Waals surface area (Å²) < 4.78 is 10.6. The molecule has 0 aromatic heterocycles. The maximum Gasteiger partial charge on any atom is 0.377 e. The number of halogens is 1. The third kappa shape index (κ3) is 1.81. The molecule has 1 aliphatic heterocycles. The van der Waals surface area contributed by atoms with Crippen LogP contribution in [-0.4, -0.2) is 23.7 Å². The second-order valence-corrected chi connectivity index (χ2v) is 4.00. The van der Waals surface area contributed by atoms with E-state index in [1.54, 1.807) is 12.1 Å². The van der Waals surface area contributed by atoms with E-state index in [1.807, 2.05) is 0 Å². The van der Waals surface area contributed by atoms with Crippen molar-refractivity contribution in [2.75, 3.05) is 6.79 Å². The zero-order chi connectivity index (χ0) is 11.7. The zero-order valence-electron chi connectivity index (χ0n) is 8.03. The number of hydrogen-bond donors (Lipinski definition) is 1. The van der Waals surface area contributed by atoms with Gasteiger partial charge in [0.2, 0.25) is 0 Å². The molecule has 5 nitrogen and oxygen atoms in total. The molecule has 0 radical (unpaired) electrons. The molecule has 0 saturated carbocycles. The minimum absolute atomic E-state index is 0.0877. The van der Waals surface area contributed by atoms with Crippen molar-refractivity contribution >= 4 is 27.7 Å². The van der Waals surface area contributed by atoms with Gasteiger partial charge in [-0.3, -0.25) is 4.79 Å². The summed E-state index contributed by atoms with van der Waals surface area (Å²) >= 11 is 3.15. The van der Waals surface area contributed by atoms with Crippen molar-refractivity contribution in [2.24, 2.45) is 0 Å². The number of ether oxygens (including phenoxy) is 2. The van der Waals surface area contributed by atoms with Crippen molar-refractivity contribution in [1.82, 2.24) is 0 Å². The number of Topliss-reactive ketones (excluding diaryl/α,β-unsaturated/α-hetero) is 1. The molecule has 0 bridgehead atoms. The molecule has 0 aliphatic carbocycles. The SMILES string of the molecule is O=C(O)C(=O)c1c(Br)ccc2c1COCO2. The average Bonchev–Trinajstić information content (AvgIpc) is 2.28. The van der Waals surface area contributed by atoms with Gasteiger partial charge < -0.3 is 14.6 Å². The van der Waals surface area contributed by atoms with Gasteiger partial charge in [-0.1, -0.05) is 15.9 Å². The topological polar surface area (TPSA) is 72.8 Å². The zero-order valence-corrected chi connectivity index (χ0v) is 9.61. The Balaban J connectivity index is 2.58. The number of rotatable bonds is 2. The summed E-state index contributed by atoms with van der Waals surface area (Å²) in [5, 5.41) is 8.71. The van der Waals surface area contributed by atoms with Gasteiger partial charge in [-0.15, -0.1) is 0 Å². The Kier molecular flexibility index (Phi) is 2.93. The minimum atomic E-state index is -1.50. The van der Waals surface area contributed by atoms with E-state index in [-0.39, 0.29) is 19.0 Å². The first-order valence-corrected chi connectivity index (χ1v) is 5.20. The third-order valence-corrected chi connectivity index (χ3v) is 2.85. The third-order valence-electron chi connectivity index (χ3n) is 2.18. The molecule has 1 aromatic carbocycles. The van der Waals surface area contributed by atoms with Crippen LogP contribution in [0.1, 0.15) is 15.9 Å². The van der Waals surface area contributed by atoms with Gasteiger partial charge in [0.05, 0.1) is 12.2 Å². The van der Waals surface area contributed by atoms with Crippen LogP contribution < -0.4 is 4.74 Å². The highest BCUT2D eigenvalue weighted by Gasteiger charge is 2.26. The molecule has 6 heteroatoms. The maximum atomic E-state index is 11.5. The summed E-state index contributed by atoms with van der Waals surface area (Å²) in [5.41, 5.74) is 0.553. The Bertz CT molecular complexity index is 469. The number of carboxylic acid groups (broad SMARTS) is 1. The van der Waals surface area contributed by atoms with Crippen LogP contribution >= 0.6 is 15.9 Å². The van der Waals surface area contributed by atoms with Crippen LogP contribution in [0, 0.1) is 0 Å². The Labute approximate surface area is 99.1 Å². The molecule has 0 fully saturated rings.